The largest absolute Gasteiger partial charge is 0.394 e. The van der Waals surface area contributed by atoms with Crippen LogP contribution >= 0.6 is 0 Å². The molecule has 1 aliphatic heterocycles. The minimum absolute atomic E-state index is 0.340. The smallest absolute Gasteiger partial charge is 0.253 e. The van der Waals surface area contributed by atoms with Crippen LogP contribution in [0, 0.1) is 0 Å². The van der Waals surface area contributed by atoms with Gasteiger partial charge in [0.2, 0.25) is 0 Å². The van der Waals surface area contributed by atoms with Crippen molar-refractivity contribution < 1.29 is 44.9 Å². The van der Waals surface area contributed by atoms with Crippen molar-refractivity contribution in [3.8, 4) is 0 Å². The quantitative estimate of drug-likeness (QED) is 0.0250. The Morgan fingerprint density at radius 2 is 1.18 bits per heavy atom. The molecule has 0 aliphatic carbocycles. The molecule has 0 aromatic rings. The van der Waals surface area contributed by atoms with E-state index in [-0.39, 0.29) is 6.61 Å². The number of hydrogen-bond acceptors (Lipinski definition) is 9. The normalized spacial score (nSPS) is 22.4. The summed E-state index contributed by atoms with van der Waals surface area (Å²) in [6.45, 7) is 5.70. The zero-order valence-corrected chi connectivity index (χ0v) is 35.0. The Morgan fingerprint density at radius 1 is 0.673 bits per heavy atom. The van der Waals surface area contributed by atoms with Gasteiger partial charge in [0.25, 0.3) is 5.91 Å². The highest BCUT2D eigenvalue weighted by atomic mass is 16.7. The Kier molecular flexibility index (Phi) is 32.2. The average Bonchev–Trinajstić information content (AvgIpc) is 3.18. The number of aliphatic hydroxyl groups excluding tert-OH is 6. The van der Waals surface area contributed by atoms with Gasteiger partial charge in [-0.15, -0.1) is 0 Å². The second kappa shape index (κ2) is 34.4. The Hall–Kier alpha value is -1.63. The van der Waals surface area contributed by atoms with Gasteiger partial charge in [0.05, 0.1) is 25.4 Å². The minimum atomic E-state index is -1.62. The van der Waals surface area contributed by atoms with Crippen molar-refractivity contribution in [1.82, 2.24) is 5.32 Å². The summed E-state index contributed by atoms with van der Waals surface area (Å²) in [4.78, 5) is 13.0. The predicted molar refractivity (Wildman–Crippen MR) is 222 cm³/mol. The van der Waals surface area contributed by atoms with Crippen molar-refractivity contribution in [1.29, 1.82) is 0 Å². The van der Waals surface area contributed by atoms with Crippen LogP contribution in [0.1, 0.15) is 181 Å². The zero-order valence-electron chi connectivity index (χ0n) is 35.0. The number of hydrogen-bond donors (Lipinski definition) is 7. The standard InChI is InChI=1S/C45H83NO9/c1-4-6-8-10-12-14-16-18-20-22-24-28-33-39(49)44(53)46-37(35-54-45-43(52)42(51)41(50)40(34-47)55-45)38(48)32-29-25-27-31-36(3)30-26-23-21-19-17-15-13-11-9-7-5-2/h28-29,31-33,37-43,45,47-52H,4-27,30,34-35H2,1-3H3,(H,46,53)/b32-29+,33-28+,36-31+/t37-,38+,39+,40+,41+,42-,43+,45+/m0/s1. The van der Waals surface area contributed by atoms with Gasteiger partial charge in [-0.1, -0.05) is 172 Å². The Bertz CT molecular complexity index is 1000. The van der Waals surface area contributed by atoms with Gasteiger partial charge in [-0.3, -0.25) is 4.79 Å². The molecule has 0 unspecified atom stereocenters. The van der Waals surface area contributed by atoms with E-state index in [9.17, 15) is 35.4 Å². The van der Waals surface area contributed by atoms with Crippen molar-refractivity contribution in [2.24, 2.45) is 0 Å². The van der Waals surface area contributed by atoms with E-state index in [0.717, 1.165) is 32.1 Å². The van der Waals surface area contributed by atoms with E-state index in [1.54, 1.807) is 12.2 Å². The highest BCUT2D eigenvalue weighted by molar-refractivity contribution is 5.82. The van der Waals surface area contributed by atoms with Crippen LogP contribution in [0.15, 0.2) is 36.0 Å². The van der Waals surface area contributed by atoms with Gasteiger partial charge in [0.15, 0.2) is 12.4 Å². The molecule has 8 atom stereocenters. The monoisotopic (exact) mass is 782 g/mol. The molecule has 1 rings (SSSR count). The first-order valence-electron chi connectivity index (χ1n) is 22.2. The number of carbonyl (C=O) groups is 1. The molecular weight excluding hydrogens is 698 g/mol. The molecule has 55 heavy (non-hydrogen) atoms. The minimum Gasteiger partial charge on any atom is -0.394 e. The molecule has 0 aromatic carbocycles. The number of amides is 1. The lowest BCUT2D eigenvalue weighted by Gasteiger charge is -2.40. The number of carbonyl (C=O) groups excluding carboxylic acids is 1. The maximum absolute atomic E-state index is 13.0. The van der Waals surface area contributed by atoms with Gasteiger partial charge in [0, 0.05) is 0 Å². The molecule has 1 saturated heterocycles. The third-order valence-electron chi connectivity index (χ3n) is 10.7. The van der Waals surface area contributed by atoms with E-state index < -0.39 is 61.5 Å². The number of nitrogens with one attached hydrogen (secondary N) is 1. The number of rotatable bonds is 35. The Balaban J connectivity index is 2.57. The van der Waals surface area contributed by atoms with Crippen molar-refractivity contribution in [3.05, 3.63) is 36.0 Å². The first kappa shape index (κ1) is 51.4. The molecule has 1 heterocycles. The maximum atomic E-state index is 13.0. The lowest BCUT2D eigenvalue weighted by atomic mass is 9.99. The van der Waals surface area contributed by atoms with Crippen molar-refractivity contribution in [3.63, 3.8) is 0 Å². The summed E-state index contributed by atoms with van der Waals surface area (Å²) in [5.41, 5.74) is 1.36. The van der Waals surface area contributed by atoms with E-state index in [1.165, 1.54) is 134 Å². The van der Waals surface area contributed by atoms with Crippen LogP contribution in [0.4, 0.5) is 0 Å². The third kappa shape index (κ3) is 25.4. The topological polar surface area (TPSA) is 169 Å². The third-order valence-corrected chi connectivity index (χ3v) is 10.7. The fourth-order valence-electron chi connectivity index (χ4n) is 6.93. The number of ether oxygens (including phenoxy) is 2. The van der Waals surface area contributed by atoms with Crippen LogP contribution in [0.25, 0.3) is 0 Å². The van der Waals surface area contributed by atoms with Crippen molar-refractivity contribution in [2.75, 3.05) is 13.2 Å². The predicted octanol–water partition coefficient (Wildman–Crippen LogP) is 7.86. The summed E-state index contributed by atoms with van der Waals surface area (Å²) in [5, 5.41) is 64.5. The molecule has 0 bridgehead atoms. The van der Waals surface area contributed by atoms with E-state index in [0.29, 0.717) is 6.42 Å². The summed E-state index contributed by atoms with van der Waals surface area (Å²) in [5.74, 6) is -0.713. The Morgan fingerprint density at radius 3 is 1.73 bits per heavy atom. The SMILES string of the molecule is CCCCCCCCCCCC/C=C/[C@@H](O)C(=O)N[C@@H](CO[C@@H]1O[C@H](CO)[C@@H](O)[C@H](O)[C@H]1O)[C@H](O)/C=C/CC/C=C(\C)CCCCCCCCCCCCC. The highest BCUT2D eigenvalue weighted by Crippen LogP contribution is 2.22. The molecule has 0 spiro atoms. The van der Waals surface area contributed by atoms with Crippen molar-refractivity contribution in [2.45, 2.75) is 230 Å². The van der Waals surface area contributed by atoms with E-state index in [1.807, 2.05) is 6.08 Å². The summed E-state index contributed by atoms with van der Waals surface area (Å²) in [6, 6.07) is -1.03. The van der Waals surface area contributed by atoms with Gasteiger partial charge in [-0.2, -0.15) is 0 Å². The van der Waals surface area contributed by atoms with Gasteiger partial charge >= 0.3 is 0 Å². The first-order valence-corrected chi connectivity index (χ1v) is 22.2. The second-order valence-electron chi connectivity index (χ2n) is 15.8. The van der Waals surface area contributed by atoms with Crippen LogP contribution in [-0.4, -0.2) is 98.7 Å². The molecule has 0 aromatic heterocycles. The van der Waals surface area contributed by atoms with Crippen LogP contribution < -0.4 is 5.32 Å². The molecule has 1 aliphatic rings. The molecule has 0 radical (unpaired) electrons. The van der Waals surface area contributed by atoms with Crippen LogP contribution in [0.2, 0.25) is 0 Å². The molecule has 10 heteroatoms. The molecule has 0 saturated carbocycles. The van der Waals surface area contributed by atoms with Crippen molar-refractivity contribution >= 4 is 5.91 Å². The van der Waals surface area contributed by atoms with Crippen LogP contribution in [-0.2, 0) is 14.3 Å². The lowest BCUT2D eigenvalue weighted by Crippen LogP contribution is -2.60. The molecule has 322 valence electrons. The fraction of sp³-hybridized carbons (Fsp3) is 0.844. The summed E-state index contributed by atoms with van der Waals surface area (Å²) >= 11 is 0. The van der Waals surface area contributed by atoms with Gasteiger partial charge in [-0.05, 0) is 45.4 Å². The zero-order chi connectivity index (χ0) is 40.5. The van der Waals surface area contributed by atoms with Gasteiger partial charge < -0.3 is 45.4 Å². The molecule has 1 amide bonds. The summed E-state index contributed by atoms with van der Waals surface area (Å²) in [6.07, 6.45) is 29.1. The second-order valence-corrected chi connectivity index (χ2v) is 15.8. The van der Waals surface area contributed by atoms with E-state index in [4.69, 9.17) is 9.47 Å². The molecule has 1 fully saturated rings. The average molecular weight is 782 g/mol. The lowest BCUT2D eigenvalue weighted by molar-refractivity contribution is -0.302. The highest BCUT2D eigenvalue weighted by Gasteiger charge is 2.44. The summed E-state index contributed by atoms with van der Waals surface area (Å²) < 4.78 is 11.1. The number of unbranched alkanes of at least 4 members (excludes halogenated alkanes) is 21. The van der Waals surface area contributed by atoms with Crippen LogP contribution in [0.5, 0.6) is 0 Å². The Labute approximate surface area is 334 Å². The molecular formula is C45H83NO9. The number of aliphatic hydroxyl groups is 6. The molecule has 10 nitrogen and oxygen atoms in total. The first-order chi connectivity index (χ1) is 26.7. The van der Waals surface area contributed by atoms with E-state index >= 15 is 0 Å². The fourth-order valence-corrected chi connectivity index (χ4v) is 6.93. The number of allylic oxidation sites excluding steroid dienone is 4. The summed E-state index contributed by atoms with van der Waals surface area (Å²) in [7, 11) is 0. The molecule has 7 N–H and O–H groups in total. The van der Waals surface area contributed by atoms with Gasteiger partial charge in [-0.25, -0.2) is 0 Å². The van der Waals surface area contributed by atoms with E-state index in [2.05, 4.69) is 32.2 Å². The van der Waals surface area contributed by atoms with Crippen LogP contribution in [0.3, 0.4) is 0 Å². The maximum Gasteiger partial charge on any atom is 0.253 e. The van der Waals surface area contributed by atoms with Gasteiger partial charge in [0.1, 0.15) is 24.4 Å².